The number of ether oxygens (including phenoxy) is 1. The molecule has 1 aromatic carbocycles. The first kappa shape index (κ1) is 17.8. The van der Waals surface area contributed by atoms with Crippen LogP contribution in [0.2, 0.25) is 0 Å². The van der Waals surface area contributed by atoms with Crippen molar-refractivity contribution < 1.29 is 14.6 Å². The second-order valence-electron chi connectivity index (χ2n) is 6.97. The first-order valence-corrected chi connectivity index (χ1v) is 8.62. The molecule has 1 fully saturated rings. The fraction of sp³-hybridized carbons (Fsp3) is 0.632. The van der Waals surface area contributed by atoms with Gasteiger partial charge in [0.05, 0.1) is 6.10 Å². The summed E-state index contributed by atoms with van der Waals surface area (Å²) >= 11 is 0. The summed E-state index contributed by atoms with van der Waals surface area (Å²) in [5, 5.41) is 12.6. The van der Waals surface area contributed by atoms with E-state index in [-0.39, 0.29) is 18.1 Å². The third-order valence-corrected chi connectivity index (χ3v) is 4.51. The molecule has 0 aliphatic heterocycles. The summed E-state index contributed by atoms with van der Waals surface area (Å²) < 4.78 is 5.95. The molecule has 0 radical (unpaired) electrons. The molecule has 1 aliphatic rings. The van der Waals surface area contributed by atoms with E-state index in [9.17, 15) is 9.90 Å². The van der Waals surface area contributed by atoms with E-state index >= 15 is 0 Å². The lowest BCUT2D eigenvalue weighted by molar-refractivity contribution is -0.128. The number of rotatable bonds is 5. The van der Waals surface area contributed by atoms with E-state index in [2.05, 4.69) is 31.3 Å². The van der Waals surface area contributed by atoms with Gasteiger partial charge in [0, 0.05) is 6.04 Å². The summed E-state index contributed by atoms with van der Waals surface area (Å²) in [4.78, 5) is 12.4. The second-order valence-corrected chi connectivity index (χ2v) is 6.97. The lowest BCUT2D eigenvalue weighted by Crippen LogP contribution is -2.44. The topological polar surface area (TPSA) is 58.6 Å². The lowest BCUT2D eigenvalue weighted by atomic mass is 9.93. The zero-order chi connectivity index (χ0) is 17.0. The molecule has 0 aromatic heterocycles. The lowest BCUT2D eigenvalue weighted by Gasteiger charge is -2.27. The number of benzene rings is 1. The molecule has 0 bridgehead atoms. The number of carbonyl (C=O) groups excluding carboxylic acids is 1. The minimum Gasteiger partial charge on any atom is -0.481 e. The van der Waals surface area contributed by atoms with Crippen LogP contribution in [0.5, 0.6) is 5.75 Å². The monoisotopic (exact) mass is 319 g/mol. The highest BCUT2D eigenvalue weighted by Crippen LogP contribution is 2.28. The zero-order valence-corrected chi connectivity index (χ0v) is 14.6. The van der Waals surface area contributed by atoms with Gasteiger partial charge in [-0.1, -0.05) is 26.0 Å². The van der Waals surface area contributed by atoms with Gasteiger partial charge in [-0.3, -0.25) is 4.79 Å². The van der Waals surface area contributed by atoms with Crippen LogP contribution in [-0.4, -0.2) is 29.3 Å². The maximum absolute atomic E-state index is 12.4. The van der Waals surface area contributed by atoms with Crippen LogP contribution in [0.1, 0.15) is 63.5 Å². The van der Waals surface area contributed by atoms with Gasteiger partial charge >= 0.3 is 0 Å². The molecule has 128 valence electrons. The Morgan fingerprint density at radius 1 is 1.22 bits per heavy atom. The van der Waals surface area contributed by atoms with Crippen LogP contribution in [0.25, 0.3) is 0 Å². The van der Waals surface area contributed by atoms with Crippen molar-refractivity contribution in [3.63, 3.8) is 0 Å². The van der Waals surface area contributed by atoms with Gasteiger partial charge in [-0.05, 0) is 62.6 Å². The summed E-state index contributed by atoms with van der Waals surface area (Å²) in [6, 6.07) is 6.29. The summed E-state index contributed by atoms with van der Waals surface area (Å²) in [5.74, 6) is 1.06. The quantitative estimate of drug-likeness (QED) is 0.875. The van der Waals surface area contributed by atoms with Crippen molar-refractivity contribution in [2.45, 2.75) is 77.5 Å². The standard InChI is InChI=1S/C19H29NO3/c1-12(2)17-10-5-13(3)11-18(17)23-14(4)19(22)20-15-6-8-16(21)9-7-15/h5,10-12,14-16,21H,6-9H2,1-4H3,(H,20,22). The highest BCUT2D eigenvalue weighted by atomic mass is 16.5. The van der Waals surface area contributed by atoms with E-state index in [4.69, 9.17) is 4.74 Å². The molecule has 1 aromatic rings. The van der Waals surface area contributed by atoms with Gasteiger partial charge < -0.3 is 15.2 Å². The van der Waals surface area contributed by atoms with E-state index in [1.165, 1.54) is 0 Å². The van der Waals surface area contributed by atoms with Crippen LogP contribution in [0.15, 0.2) is 18.2 Å². The molecule has 2 rings (SSSR count). The molecular weight excluding hydrogens is 290 g/mol. The Kier molecular flexibility index (Phi) is 6.05. The normalized spacial score (nSPS) is 22.7. The van der Waals surface area contributed by atoms with Gasteiger partial charge in [0.15, 0.2) is 6.10 Å². The highest BCUT2D eigenvalue weighted by Gasteiger charge is 2.24. The first-order valence-electron chi connectivity index (χ1n) is 8.62. The summed E-state index contributed by atoms with van der Waals surface area (Å²) in [5.41, 5.74) is 2.24. The SMILES string of the molecule is Cc1ccc(C(C)C)c(OC(C)C(=O)NC2CCC(O)CC2)c1. The van der Waals surface area contributed by atoms with Gasteiger partial charge in [-0.15, -0.1) is 0 Å². The van der Waals surface area contributed by atoms with E-state index in [0.717, 1.165) is 42.6 Å². The van der Waals surface area contributed by atoms with Crippen LogP contribution < -0.4 is 10.1 Å². The van der Waals surface area contributed by atoms with Crippen LogP contribution >= 0.6 is 0 Å². The number of aryl methyl sites for hydroxylation is 1. The largest absolute Gasteiger partial charge is 0.481 e. The molecule has 1 amide bonds. The fourth-order valence-electron chi connectivity index (χ4n) is 3.00. The number of aliphatic hydroxyl groups excluding tert-OH is 1. The second kappa shape index (κ2) is 7.82. The minimum absolute atomic E-state index is 0.0809. The molecule has 1 saturated carbocycles. The first-order chi connectivity index (χ1) is 10.9. The number of hydrogen-bond donors (Lipinski definition) is 2. The van der Waals surface area contributed by atoms with Gasteiger partial charge in [-0.2, -0.15) is 0 Å². The van der Waals surface area contributed by atoms with Crippen molar-refractivity contribution in [3.05, 3.63) is 29.3 Å². The number of amides is 1. The van der Waals surface area contributed by atoms with Crippen LogP contribution in [0, 0.1) is 6.92 Å². The van der Waals surface area contributed by atoms with E-state index in [0.29, 0.717) is 5.92 Å². The molecule has 1 aliphatic carbocycles. The molecule has 1 unspecified atom stereocenters. The number of aliphatic hydroxyl groups is 1. The Morgan fingerprint density at radius 3 is 2.48 bits per heavy atom. The summed E-state index contributed by atoms with van der Waals surface area (Å²) in [6.07, 6.45) is 2.45. The predicted octanol–water partition coefficient (Wildman–Crippen LogP) is 3.31. The van der Waals surface area contributed by atoms with Crippen LogP contribution in [0.4, 0.5) is 0 Å². The minimum atomic E-state index is -0.527. The molecule has 1 atom stereocenters. The Hall–Kier alpha value is -1.55. The molecule has 0 saturated heterocycles. The molecule has 4 heteroatoms. The van der Waals surface area contributed by atoms with Crippen molar-refractivity contribution in [2.75, 3.05) is 0 Å². The number of hydrogen-bond acceptors (Lipinski definition) is 3. The maximum atomic E-state index is 12.4. The fourth-order valence-corrected chi connectivity index (χ4v) is 3.00. The summed E-state index contributed by atoms with van der Waals surface area (Å²) in [6.45, 7) is 8.06. The van der Waals surface area contributed by atoms with Crippen molar-refractivity contribution >= 4 is 5.91 Å². The molecular formula is C19H29NO3. The third kappa shape index (κ3) is 4.96. The average molecular weight is 319 g/mol. The van der Waals surface area contributed by atoms with Crippen LogP contribution in [-0.2, 0) is 4.79 Å². The van der Waals surface area contributed by atoms with Crippen LogP contribution in [0.3, 0.4) is 0 Å². The van der Waals surface area contributed by atoms with Gasteiger partial charge in [0.25, 0.3) is 5.91 Å². The maximum Gasteiger partial charge on any atom is 0.260 e. The van der Waals surface area contributed by atoms with Crippen molar-refractivity contribution in [1.29, 1.82) is 0 Å². The molecule has 4 nitrogen and oxygen atoms in total. The molecule has 23 heavy (non-hydrogen) atoms. The van der Waals surface area contributed by atoms with E-state index in [1.807, 2.05) is 13.0 Å². The molecule has 0 heterocycles. The van der Waals surface area contributed by atoms with Crippen molar-refractivity contribution in [1.82, 2.24) is 5.32 Å². The predicted molar refractivity (Wildman–Crippen MR) is 91.8 cm³/mol. The Balaban J connectivity index is 1.97. The van der Waals surface area contributed by atoms with Crippen molar-refractivity contribution in [3.8, 4) is 5.75 Å². The molecule has 0 spiro atoms. The average Bonchev–Trinajstić information content (AvgIpc) is 2.49. The van der Waals surface area contributed by atoms with Gasteiger partial charge in [0.2, 0.25) is 0 Å². The van der Waals surface area contributed by atoms with E-state index in [1.54, 1.807) is 6.92 Å². The zero-order valence-electron chi connectivity index (χ0n) is 14.6. The smallest absolute Gasteiger partial charge is 0.260 e. The highest BCUT2D eigenvalue weighted by molar-refractivity contribution is 5.81. The van der Waals surface area contributed by atoms with Gasteiger partial charge in [0.1, 0.15) is 5.75 Å². The van der Waals surface area contributed by atoms with Gasteiger partial charge in [-0.25, -0.2) is 0 Å². The Labute approximate surface area is 139 Å². The number of nitrogens with one attached hydrogen (secondary N) is 1. The number of carbonyl (C=O) groups is 1. The Morgan fingerprint density at radius 2 is 1.87 bits per heavy atom. The van der Waals surface area contributed by atoms with Crippen molar-refractivity contribution in [2.24, 2.45) is 0 Å². The van der Waals surface area contributed by atoms with E-state index < -0.39 is 6.10 Å². The third-order valence-electron chi connectivity index (χ3n) is 4.51. The summed E-state index contributed by atoms with van der Waals surface area (Å²) in [7, 11) is 0. The Bertz CT molecular complexity index is 533. The molecule has 2 N–H and O–H groups in total.